The van der Waals surface area contributed by atoms with Crippen LogP contribution in [0.3, 0.4) is 0 Å². The number of nitrogens with zero attached hydrogens (tertiary/aromatic N) is 2. The second-order valence-electron chi connectivity index (χ2n) is 6.16. The van der Waals surface area contributed by atoms with Gasteiger partial charge in [0.15, 0.2) is 0 Å². The monoisotopic (exact) mass is 396 g/mol. The molecule has 0 N–H and O–H groups in total. The van der Waals surface area contributed by atoms with Crippen molar-refractivity contribution in [2.24, 2.45) is 0 Å². The van der Waals surface area contributed by atoms with Crippen molar-refractivity contribution < 1.29 is 13.6 Å². The van der Waals surface area contributed by atoms with Crippen LogP contribution < -0.4 is 4.90 Å². The van der Waals surface area contributed by atoms with Gasteiger partial charge < -0.3 is 9.80 Å². The number of thioether (sulfide) groups is 1. The number of anilines is 1. The quantitative estimate of drug-likeness (QED) is 0.717. The molecule has 26 heavy (non-hydrogen) atoms. The molecule has 0 bridgehead atoms. The predicted octanol–water partition coefficient (Wildman–Crippen LogP) is 4.37. The first-order chi connectivity index (χ1) is 12.4. The number of halogens is 3. The summed E-state index contributed by atoms with van der Waals surface area (Å²) in [5.41, 5.74) is 2.23. The lowest BCUT2D eigenvalue weighted by Crippen LogP contribution is -2.49. The van der Waals surface area contributed by atoms with Crippen molar-refractivity contribution in [2.45, 2.75) is 11.8 Å². The minimum Gasteiger partial charge on any atom is -0.368 e. The molecule has 1 amide bonds. The summed E-state index contributed by atoms with van der Waals surface area (Å²) in [6.45, 7) is 4.65. The van der Waals surface area contributed by atoms with Gasteiger partial charge in [-0.2, -0.15) is 0 Å². The highest BCUT2D eigenvalue weighted by Crippen LogP contribution is 2.26. The summed E-state index contributed by atoms with van der Waals surface area (Å²) in [6, 6.07) is 9.05. The molecule has 3 rings (SSSR count). The van der Waals surface area contributed by atoms with Crippen LogP contribution in [-0.4, -0.2) is 42.7 Å². The Bertz CT molecular complexity index is 810. The zero-order valence-corrected chi connectivity index (χ0v) is 15.9. The maximum atomic E-state index is 13.6. The summed E-state index contributed by atoms with van der Waals surface area (Å²) < 4.78 is 26.8. The molecule has 1 aliphatic rings. The van der Waals surface area contributed by atoms with Gasteiger partial charge in [0.1, 0.15) is 11.6 Å². The van der Waals surface area contributed by atoms with E-state index in [1.165, 1.54) is 0 Å². The number of carbonyl (C=O) groups is 1. The Hall–Kier alpha value is -1.79. The van der Waals surface area contributed by atoms with Crippen LogP contribution in [0.2, 0.25) is 5.02 Å². The van der Waals surface area contributed by atoms with Gasteiger partial charge in [0, 0.05) is 41.8 Å². The van der Waals surface area contributed by atoms with Crippen LogP contribution in [0.1, 0.15) is 5.56 Å². The van der Waals surface area contributed by atoms with Gasteiger partial charge in [-0.25, -0.2) is 8.78 Å². The van der Waals surface area contributed by atoms with Gasteiger partial charge in [-0.3, -0.25) is 4.79 Å². The fourth-order valence-electron chi connectivity index (χ4n) is 2.94. The van der Waals surface area contributed by atoms with Crippen LogP contribution in [0.15, 0.2) is 41.3 Å². The van der Waals surface area contributed by atoms with Gasteiger partial charge in [0.25, 0.3) is 0 Å². The van der Waals surface area contributed by atoms with Gasteiger partial charge in [-0.15, -0.1) is 11.8 Å². The number of hydrogen-bond donors (Lipinski definition) is 0. The van der Waals surface area contributed by atoms with Crippen molar-refractivity contribution in [3.63, 3.8) is 0 Å². The number of aryl methyl sites for hydroxylation is 1. The first kappa shape index (κ1) is 19.0. The summed E-state index contributed by atoms with van der Waals surface area (Å²) in [5, 5.41) is 0.692. The second kappa shape index (κ2) is 8.27. The van der Waals surface area contributed by atoms with E-state index in [0.717, 1.165) is 41.2 Å². The number of rotatable bonds is 4. The average molecular weight is 397 g/mol. The van der Waals surface area contributed by atoms with Crippen LogP contribution in [0, 0.1) is 18.6 Å². The number of benzene rings is 2. The molecule has 1 saturated heterocycles. The van der Waals surface area contributed by atoms with E-state index in [4.69, 9.17) is 11.6 Å². The normalized spacial score (nSPS) is 14.6. The topological polar surface area (TPSA) is 23.6 Å². The highest BCUT2D eigenvalue weighted by atomic mass is 35.5. The maximum Gasteiger partial charge on any atom is 0.233 e. The Morgan fingerprint density at radius 2 is 1.85 bits per heavy atom. The summed E-state index contributed by atoms with van der Waals surface area (Å²) in [5.74, 6) is -0.991. The van der Waals surface area contributed by atoms with E-state index in [-0.39, 0.29) is 16.6 Å². The maximum absolute atomic E-state index is 13.6. The van der Waals surface area contributed by atoms with E-state index in [1.807, 2.05) is 25.1 Å². The molecule has 0 saturated carbocycles. The van der Waals surface area contributed by atoms with E-state index in [0.29, 0.717) is 31.2 Å². The molecule has 0 spiro atoms. The van der Waals surface area contributed by atoms with Crippen molar-refractivity contribution in [3.05, 3.63) is 58.6 Å². The van der Waals surface area contributed by atoms with E-state index in [2.05, 4.69) is 4.90 Å². The van der Waals surface area contributed by atoms with Gasteiger partial charge in [-0.1, -0.05) is 17.7 Å². The number of hydrogen-bond acceptors (Lipinski definition) is 3. The molecule has 0 radical (unpaired) electrons. The highest BCUT2D eigenvalue weighted by Gasteiger charge is 2.22. The molecule has 0 aliphatic carbocycles. The Balaban J connectivity index is 1.55. The summed E-state index contributed by atoms with van der Waals surface area (Å²) >= 11 is 7.11. The van der Waals surface area contributed by atoms with E-state index < -0.39 is 11.6 Å². The standard InChI is InChI=1S/C19H19ClF2N2OS/c1-13-2-3-14(20)10-17(13)23-6-8-24(9-7-23)19(25)12-26-18-11-15(21)4-5-16(18)22/h2-5,10-11H,6-9,12H2,1H3. The molecule has 0 aromatic heterocycles. The Morgan fingerprint density at radius 1 is 1.12 bits per heavy atom. The van der Waals surface area contributed by atoms with Crippen LogP contribution in [0.4, 0.5) is 14.5 Å². The minimum atomic E-state index is -0.509. The summed E-state index contributed by atoms with van der Waals surface area (Å²) in [7, 11) is 0. The Morgan fingerprint density at radius 3 is 2.58 bits per heavy atom. The fraction of sp³-hybridized carbons (Fsp3) is 0.316. The zero-order chi connectivity index (χ0) is 18.7. The van der Waals surface area contributed by atoms with Crippen LogP contribution in [0.25, 0.3) is 0 Å². The highest BCUT2D eigenvalue weighted by molar-refractivity contribution is 8.00. The molecular weight excluding hydrogens is 378 g/mol. The fourth-order valence-corrected chi connectivity index (χ4v) is 3.97. The van der Waals surface area contributed by atoms with Crippen LogP contribution in [0.5, 0.6) is 0 Å². The smallest absolute Gasteiger partial charge is 0.233 e. The van der Waals surface area contributed by atoms with E-state index in [9.17, 15) is 13.6 Å². The molecule has 0 unspecified atom stereocenters. The third-order valence-electron chi connectivity index (χ3n) is 4.39. The van der Waals surface area contributed by atoms with Gasteiger partial charge >= 0.3 is 0 Å². The van der Waals surface area contributed by atoms with Crippen molar-refractivity contribution in [3.8, 4) is 0 Å². The molecule has 1 aliphatic heterocycles. The second-order valence-corrected chi connectivity index (χ2v) is 7.62. The predicted molar refractivity (Wildman–Crippen MR) is 102 cm³/mol. The zero-order valence-electron chi connectivity index (χ0n) is 14.3. The molecule has 2 aromatic rings. The third-order valence-corrected chi connectivity index (χ3v) is 5.64. The van der Waals surface area contributed by atoms with Gasteiger partial charge in [0.05, 0.1) is 5.75 Å². The van der Waals surface area contributed by atoms with Gasteiger partial charge in [-0.05, 0) is 42.8 Å². The number of amides is 1. The molecule has 3 nitrogen and oxygen atoms in total. The van der Waals surface area contributed by atoms with Crippen molar-refractivity contribution in [2.75, 3.05) is 36.8 Å². The lowest BCUT2D eigenvalue weighted by Gasteiger charge is -2.37. The van der Waals surface area contributed by atoms with Gasteiger partial charge in [0.2, 0.25) is 5.91 Å². The van der Waals surface area contributed by atoms with E-state index >= 15 is 0 Å². The number of carbonyl (C=O) groups excluding carboxylic acids is 1. The molecule has 2 aromatic carbocycles. The SMILES string of the molecule is Cc1ccc(Cl)cc1N1CCN(C(=O)CSc2cc(F)ccc2F)CC1. The average Bonchev–Trinajstić information content (AvgIpc) is 2.64. The minimum absolute atomic E-state index is 0.0684. The first-order valence-electron chi connectivity index (χ1n) is 8.31. The molecular formula is C19H19ClF2N2OS. The Labute approximate surface area is 160 Å². The summed E-state index contributed by atoms with van der Waals surface area (Å²) in [4.78, 5) is 16.5. The molecule has 1 heterocycles. The van der Waals surface area contributed by atoms with Crippen LogP contribution >= 0.6 is 23.4 Å². The first-order valence-corrected chi connectivity index (χ1v) is 9.67. The Kier molecular flexibility index (Phi) is 6.04. The van der Waals surface area contributed by atoms with Crippen molar-refractivity contribution >= 4 is 35.0 Å². The largest absolute Gasteiger partial charge is 0.368 e. The lowest BCUT2D eigenvalue weighted by molar-refractivity contribution is -0.128. The molecule has 1 fully saturated rings. The van der Waals surface area contributed by atoms with E-state index in [1.54, 1.807) is 4.90 Å². The lowest BCUT2D eigenvalue weighted by atomic mass is 10.1. The van der Waals surface area contributed by atoms with Crippen molar-refractivity contribution in [1.29, 1.82) is 0 Å². The van der Waals surface area contributed by atoms with Crippen LogP contribution in [-0.2, 0) is 4.79 Å². The number of piperazine rings is 1. The molecule has 0 atom stereocenters. The van der Waals surface area contributed by atoms with Crippen molar-refractivity contribution in [1.82, 2.24) is 4.90 Å². The third kappa shape index (κ3) is 4.48. The summed E-state index contributed by atoms with van der Waals surface area (Å²) in [6.07, 6.45) is 0. The molecule has 138 valence electrons. The molecule has 7 heteroatoms.